The lowest BCUT2D eigenvalue weighted by molar-refractivity contribution is 0.247. The molecule has 5 nitrogen and oxygen atoms in total. The van der Waals surface area contributed by atoms with E-state index in [1.54, 1.807) is 36.9 Å². The molecule has 2 rings (SSSR count). The molecule has 2 N–H and O–H groups in total. The van der Waals surface area contributed by atoms with Crippen LogP contribution in [0.15, 0.2) is 47.3 Å². The van der Waals surface area contributed by atoms with Crippen LogP contribution in [0.2, 0.25) is 0 Å². The first kappa shape index (κ1) is 11.2. The van der Waals surface area contributed by atoms with Crippen LogP contribution in [0.25, 0.3) is 0 Å². The normalized spacial score (nSPS) is 11.8. The number of rotatable bonds is 3. The van der Waals surface area contributed by atoms with Gasteiger partial charge in [-0.1, -0.05) is 0 Å². The number of furan rings is 1. The van der Waals surface area contributed by atoms with Crippen molar-refractivity contribution >= 4 is 11.7 Å². The van der Waals surface area contributed by atoms with Crippen molar-refractivity contribution in [2.75, 3.05) is 5.32 Å². The van der Waals surface area contributed by atoms with Crippen LogP contribution in [0.5, 0.6) is 0 Å². The van der Waals surface area contributed by atoms with Crippen LogP contribution < -0.4 is 10.6 Å². The number of nitrogens with zero attached hydrogens (tertiary/aromatic N) is 1. The average Bonchev–Trinajstić information content (AvgIpc) is 2.83. The number of hydrogen-bond donors (Lipinski definition) is 2. The molecule has 0 spiro atoms. The number of amides is 2. The van der Waals surface area contributed by atoms with Crippen LogP contribution in [0, 0.1) is 0 Å². The minimum atomic E-state index is -0.290. The molecule has 0 aliphatic heterocycles. The van der Waals surface area contributed by atoms with Crippen LogP contribution in [0.4, 0.5) is 10.5 Å². The van der Waals surface area contributed by atoms with Gasteiger partial charge in [-0.2, -0.15) is 0 Å². The fraction of sp³-hybridized carbons (Fsp3) is 0.167. The largest absolute Gasteiger partial charge is 0.467 e. The van der Waals surface area contributed by atoms with E-state index in [1.807, 2.05) is 13.0 Å². The van der Waals surface area contributed by atoms with Gasteiger partial charge >= 0.3 is 6.03 Å². The smallest absolute Gasteiger partial charge is 0.319 e. The van der Waals surface area contributed by atoms with E-state index in [9.17, 15) is 4.79 Å². The van der Waals surface area contributed by atoms with Gasteiger partial charge in [-0.05, 0) is 31.2 Å². The van der Waals surface area contributed by atoms with Gasteiger partial charge < -0.3 is 15.1 Å². The molecule has 2 amide bonds. The fourth-order valence-electron chi connectivity index (χ4n) is 1.41. The molecule has 0 fully saturated rings. The molecule has 0 aromatic carbocycles. The van der Waals surface area contributed by atoms with Crippen LogP contribution in [0.1, 0.15) is 18.7 Å². The Morgan fingerprint density at radius 2 is 2.29 bits per heavy atom. The molecular weight excluding hydrogens is 218 g/mol. The summed E-state index contributed by atoms with van der Waals surface area (Å²) in [6.45, 7) is 1.85. The second-order valence-corrected chi connectivity index (χ2v) is 3.58. The van der Waals surface area contributed by atoms with Crippen molar-refractivity contribution in [1.82, 2.24) is 10.3 Å². The lowest BCUT2D eigenvalue weighted by atomic mass is 10.2. The predicted octanol–water partition coefficient (Wildman–Crippen LogP) is 2.56. The van der Waals surface area contributed by atoms with E-state index < -0.39 is 0 Å². The third-order valence-electron chi connectivity index (χ3n) is 2.24. The SMILES string of the molecule is CC(NC(=O)Nc1cccnc1)c1ccco1. The fourth-order valence-corrected chi connectivity index (χ4v) is 1.41. The van der Waals surface area contributed by atoms with E-state index in [0.29, 0.717) is 11.4 Å². The quantitative estimate of drug-likeness (QED) is 0.853. The van der Waals surface area contributed by atoms with Crippen LogP contribution in [-0.2, 0) is 0 Å². The number of anilines is 1. The van der Waals surface area contributed by atoms with Crippen molar-refractivity contribution in [2.45, 2.75) is 13.0 Å². The van der Waals surface area contributed by atoms with E-state index in [0.717, 1.165) is 0 Å². The summed E-state index contributed by atoms with van der Waals surface area (Å²) in [6.07, 6.45) is 4.80. The molecule has 2 aromatic rings. The van der Waals surface area contributed by atoms with E-state index >= 15 is 0 Å². The predicted molar refractivity (Wildman–Crippen MR) is 63.5 cm³/mol. The molecule has 2 aromatic heterocycles. The topological polar surface area (TPSA) is 67.2 Å². The number of hydrogen-bond acceptors (Lipinski definition) is 3. The first-order valence-electron chi connectivity index (χ1n) is 5.26. The molecule has 2 heterocycles. The minimum Gasteiger partial charge on any atom is -0.467 e. The Morgan fingerprint density at radius 3 is 2.94 bits per heavy atom. The Hall–Kier alpha value is -2.30. The standard InChI is InChI=1S/C12H13N3O2/c1-9(11-5-3-7-17-11)14-12(16)15-10-4-2-6-13-8-10/h2-9H,1H3,(H2,14,15,16). The molecular formula is C12H13N3O2. The van der Waals surface area contributed by atoms with Crippen LogP contribution in [-0.4, -0.2) is 11.0 Å². The van der Waals surface area contributed by atoms with Gasteiger partial charge in [0.25, 0.3) is 0 Å². The van der Waals surface area contributed by atoms with Crippen molar-refractivity contribution < 1.29 is 9.21 Å². The van der Waals surface area contributed by atoms with Crippen molar-refractivity contribution in [3.05, 3.63) is 48.7 Å². The second-order valence-electron chi connectivity index (χ2n) is 3.58. The number of carbonyl (C=O) groups excluding carboxylic acids is 1. The molecule has 5 heteroatoms. The Labute approximate surface area is 98.9 Å². The number of aromatic nitrogens is 1. The molecule has 17 heavy (non-hydrogen) atoms. The Balaban J connectivity index is 1.90. The van der Waals surface area contributed by atoms with Gasteiger partial charge in [0.1, 0.15) is 5.76 Å². The van der Waals surface area contributed by atoms with Gasteiger partial charge in [0, 0.05) is 6.20 Å². The monoisotopic (exact) mass is 231 g/mol. The molecule has 0 aliphatic carbocycles. The summed E-state index contributed by atoms with van der Waals surface area (Å²) >= 11 is 0. The molecule has 88 valence electrons. The highest BCUT2D eigenvalue weighted by atomic mass is 16.3. The number of urea groups is 1. The highest BCUT2D eigenvalue weighted by Gasteiger charge is 2.11. The van der Waals surface area contributed by atoms with Gasteiger partial charge in [0.2, 0.25) is 0 Å². The lowest BCUT2D eigenvalue weighted by Gasteiger charge is -2.12. The zero-order valence-corrected chi connectivity index (χ0v) is 9.38. The molecule has 0 saturated carbocycles. The number of pyridine rings is 1. The molecule has 0 bridgehead atoms. The maximum Gasteiger partial charge on any atom is 0.319 e. The van der Waals surface area contributed by atoms with Gasteiger partial charge in [0.15, 0.2) is 0 Å². The highest BCUT2D eigenvalue weighted by Crippen LogP contribution is 2.12. The number of carbonyl (C=O) groups is 1. The number of nitrogens with one attached hydrogen (secondary N) is 2. The van der Waals surface area contributed by atoms with Gasteiger partial charge in [0.05, 0.1) is 24.2 Å². The average molecular weight is 231 g/mol. The summed E-state index contributed by atoms with van der Waals surface area (Å²) in [5.74, 6) is 0.714. The Morgan fingerprint density at radius 1 is 1.41 bits per heavy atom. The Bertz CT molecular complexity index is 468. The van der Waals surface area contributed by atoms with Crippen molar-refractivity contribution in [2.24, 2.45) is 0 Å². The Kier molecular flexibility index (Phi) is 3.40. The second kappa shape index (κ2) is 5.16. The van der Waals surface area contributed by atoms with Gasteiger partial charge in [-0.15, -0.1) is 0 Å². The minimum absolute atomic E-state index is 0.179. The molecule has 0 radical (unpaired) electrons. The molecule has 0 aliphatic rings. The van der Waals surface area contributed by atoms with E-state index in [4.69, 9.17) is 4.42 Å². The summed E-state index contributed by atoms with van der Waals surface area (Å²) < 4.78 is 5.19. The first-order valence-corrected chi connectivity index (χ1v) is 5.26. The maximum absolute atomic E-state index is 11.6. The van der Waals surface area contributed by atoms with E-state index in [-0.39, 0.29) is 12.1 Å². The molecule has 0 saturated heterocycles. The third-order valence-corrected chi connectivity index (χ3v) is 2.24. The summed E-state index contributed by atoms with van der Waals surface area (Å²) in [4.78, 5) is 15.5. The third kappa shape index (κ3) is 3.07. The highest BCUT2D eigenvalue weighted by molar-refractivity contribution is 5.89. The summed E-state index contributed by atoms with van der Waals surface area (Å²) in [5.41, 5.74) is 0.650. The van der Waals surface area contributed by atoms with E-state index in [1.165, 1.54) is 0 Å². The molecule has 1 unspecified atom stereocenters. The maximum atomic E-state index is 11.6. The van der Waals surface area contributed by atoms with Gasteiger partial charge in [-0.25, -0.2) is 4.79 Å². The molecule has 1 atom stereocenters. The zero-order chi connectivity index (χ0) is 12.1. The van der Waals surface area contributed by atoms with Crippen molar-refractivity contribution in [1.29, 1.82) is 0 Å². The summed E-state index contributed by atoms with van der Waals surface area (Å²) in [6, 6.07) is 6.65. The van der Waals surface area contributed by atoms with E-state index in [2.05, 4.69) is 15.6 Å². The first-order chi connectivity index (χ1) is 8.25. The summed E-state index contributed by atoms with van der Waals surface area (Å²) in [7, 11) is 0. The van der Waals surface area contributed by atoms with Crippen molar-refractivity contribution in [3.8, 4) is 0 Å². The summed E-state index contributed by atoms with van der Waals surface area (Å²) in [5, 5.41) is 5.44. The van der Waals surface area contributed by atoms with Crippen molar-refractivity contribution in [3.63, 3.8) is 0 Å². The van der Waals surface area contributed by atoms with Gasteiger partial charge in [-0.3, -0.25) is 4.98 Å². The van der Waals surface area contributed by atoms with Crippen LogP contribution in [0.3, 0.4) is 0 Å². The lowest BCUT2D eigenvalue weighted by Crippen LogP contribution is -2.30. The zero-order valence-electron chi connectivity index (χ0n) is 9.38. The van der Waals surface area contributed by atoms with Crippen LogP contribution >= 0.6 is 0 Å².